The van der Waals surface area contributed by atoms with Crippen LogP contribution in [0.4, 0.5) is 5.82 Å². The van der Waals surface area contributed by atoms with E-state index in [1.54, 1.807) is 24.3 Å². The standard InChI is InChI=1S/C17H14N6O3S/c18-10-15-17(20-11-16(24)12-4-2-1-3-5-12)23(22-21-15)13-6-8-14(9-7-13)27(19,25)26/h1-9,20H,11H2,(H2,19,25,26). The molecule has 1 heterocycles. The lowest BCUT2D eigenvalue weighted by atomic mass is 10.1. The summed E-state index contributed by atoms with van der Waals surface area (Å²) in [6.45, 7) is -0.0681. The SMILES string of the molecule is N#Cc1nnn(-c2ccc(S(N)(=O)=O)cc2)c1NCC(=O)c1ccccc1. The number of hydrogen-bond donors (Lipinski definition) is 2. The van der Waals surface area contributed by atoms with E-state index in [0.717, 1.165) is 0 Å². The number of carbonyl (C=O) groups is 1. The number of benzene rings is 2. The van der Waals surface area contributed by atoms with Gasteiger partial charge in [-0.1, -0.05) is 35.5 Å². The second-order valence-corrected chi connectivity index (χ2v) is 7.05. The van der Waals surface area contributed by atoms with Crippen molar-refractivity contribution in [3.63, 3.8) is 0 Å². The minimum absolute atomic E-state index is 0.00591. The lowest BCUT2D eigenvalue weighted by molar-refractivity contribution is 0.101. The average Bonchev–Trinajstić information content (AvgIpc) is 3.09. The van der Waals surface area contributed by atoms with E-state index in [-0.39, 0.29) is 28.7 Å². The van der Waals surface area contributed by atoms with Gasteiger partial charge in [-0.3, -0.25) is 4.79 Å². The van der Waals surface area contributed by atoms with E-state index in [0.29, 0.717) is 11.3 Å². The molecule has 3 rings (SSSR count). The number of nitrogens with zero attached hydrogens (tertiary/aromatic N) is 4. The Balaban J connectivity index is 1.87. The highest BCUT2D eigenvalue weighted by molar-refractivity contribution is 7.89. The third-order valence-electron chi connectivity index (χ3n) is 3.70. The van der Waals surface area contributed by atoms with E-state index < -0.39 is 10.0 Å². The Hall–Kier alpha value is -3.55. The van der Waals surface area contributed by atoms with Crippen molar-refractivity contribution in [2.45, 2.75) is 4.90 Å². The van der Waals surface area contributed by atoms with Crippen molar-refractivity contribution < 1.29 is 13.2 Å². The molecule has 0 aliphatic rings. The van der Waals surface area contributed by atoms with Crippen LogP contribution in [0.1, 0.15) is 16.1 Å². The molecule has 0 amide bonds. The van der Waals surface area contributed by atoms with Crippen LogP contribution in [0.15, 0.2) is 59.5 Å². The van der Waals surface area contributed by atoms with E-state index in [1.807, 2.05) is 12.1 Å². The zero-order chi connectivity index (χ0) is 19.4. The van der Waals surface area contributed by atoms with E-state index >= 15 is 0 Å². The topological polar surface area (TPSA) is 144 Å². The van der Waals surface area contributed by atoms with Gasteiger partial charge >= 0.3 is 0 Å². The van der Waals surface area contributed by atoms with Crippen LogP contribution in [0.5, 0.6) is 0 Å². The van der Waals surface area contributed by atoms with E-state index in [4.69, 9.17) is 5.14 Å². The molecule has 1 aromatic heterocycles. The van der Waals surface area contributed by atoms with Gasteiger partial charge in [0.1, 0.15) is 6.07 Å². The Morgan fingerprint density at radius 2 is 1.81 bits per heavy atom. The molecule has 27 heavy (non-hydrogen) atoms. The first-order valence-corrected chi connectivity index (χ1v) is 9.26. The van der Waals surface area contributed by atoms with Gasteiger partial charge in [-0.15, -0.1) is 5.10 Å². The highest BCUT2D eigenvalue weighted by atomic mass is 32.2. The second kappa shape index (κ2) is 7.36. The van der Waals surface area contributed by atoms with Crippen molar-refractivity contribution in [3.8, 4) is 11.8 Å². The molecule has 0 bridgehead atoms. The summed E-state index contributed by atoms with van der Waals surface area (Å²) >= 11 is 0. The molecular formula is C17H14N6O3S. The van der Waals surface area contributed by atoms with Gasteiger partial charge in [0.25, 0.3) is 0 Å². The molecule has 0 saturated carbocycles. The zero-order valence-corrected chi connectivity index (χ0v) is 14.7. The molecule has 0 atom stereocenters. The molecule has 0 unspecified atom stereocenters. The number of sulfonamides is 1. The van der Waals surface area contributed by atoms with E-state index in [1.165, 1.54) is 28.9 Å². The van der Waals surface area contributed by atoms with Crippen molar-refractivity contribution >= 4 is 21.6 Å². The summed E-state index contributed by atoms with van der Waals surface area (Å²) in [5.74, 6) is 0.0574. The van der Waals surface area contributed by atoms with Gasteiger partial charge in [0.2, 0.25) is 15.7 Å². The normalized spacial score (nSPS) is 11.0. The van der Waals surface area contributed by atoms with Crippen LogP contribution in [-0.4, -0.2) is 35.7 Å². The Morgan fingerprint density at radius 1 is 1.15 bits per heavy atom. The molecule has 0 saturated heterocycles. The highest BCUT2D eigenvalue weighted by Crippen LogP contribution is 2.19. The summed E-state index contributed by atoms with van der Waals surface area (Å²) in [6.07, 6.45) is 0. The average molecular weight is 382 g/mol. The number of ketones is 1. The molecule has 0 spiro atoms. The summed E-state index contributed by atoms with van der Waals surface area (Å²) in [6, 6.07) is 16.2. The maximum absolute atomic E-state index is 12.3. The van der Waals surface area contributed by atoms with Gasteiger partial charge in [0.05, 0.1) is 17.1 Å². The zero-order valence-electron chi connectivity index (χ0n) is 13.9. The number of Topliss-reactive ketones (excluding diaryl/α,β-unsaturated/α-hetero) is 1. The van der Waals surface area contributed by atoms with E-state index in [2.05, 4.69) is 15.6 Å². The lowest BCUT2D eigenvalue weighted by Crippen LogP contribution is -2.17. The Kier molecular flexibility index (Phi) is 4.98. The van der Waals surface area contributed by atoms with Crippen molar-refractivity contribution in [1.29, 1.82) is 5.26 Å². The molecule has 9 nitrogen and oxygen atoms in total. The minimum atomic E-state index is -3.82. The summed E-state index contributed by atoms with van der Waals surface area (Å²) in [4.78, 5) is 12.2. The smallest absolute Gasteiger partial charge is 0.238 e. The van der Waals surface area contributed by atoms with Crippen LogP contribution < -0.4 is 10.5 Å². The molecule has 0 radical (unpaired) electrons. The van der Waals surface area contributed by atoms with Crippen LogP contribution in [0.3, 0.4) is 0 Å². The number of anilines is 1. The largest absolute Gasteiger partial charge is 0.360 e. The van der Waals surface area contributed by atoms with Gasteiger partial charge in [-0.2, -0.15) is 9.94 Å². The van der Waals surface area contributed by atoms with Crippen LogP contribution in [-0.2, 0) is 10.0 Å². The fourth-order valence-electron chi connectivity index (χ4n) is 2.36. The van der Waals surface area contributed by atoms with Gasteiger partial charge in [-0.25, -0.2) is 13.6 Å². The summed E-state index contributed by atoms with van der Waals surface area (Å²) < 4.78 is 24.0. The second-order valence-electron chi connectivity index (χ2n) is 5.49. The van der Waals surface area contributed by atoms with Crippen molar-refractivity contribution in [3.05, 3.63) is 65.9 Å². The van der Waals surface area contributed by atoms with Crippen molar-refractivity contribution in [2.75, 3.05) is 11.9 Å². The maximum Gasteiger partial charge on any atom is 0.238 e. The van der Waals surface area contributed by atoms with E-state index in [9.17, 15) is 18.5 Å². The third kappa shape index (κ3) is 4.00. The maximum atomic E-state index is 12.3. The number of rotatable bonds is 6. The fourth-order valence-corrected chi connectivity index (χ4v) is 2.88. The Labute approximate surface area is 155 Å². The number of primary sulfonamides is 1. The summed E-state index contributed by atoms with van der Waals surface area (Å²) in [5.41, 5.74) is 0.984. The monoisotopic (exact) mass is 382 g/mol. The Bertz CT molecular complexity index is 1120. The number of nitriles is 1. The summed E-state index contributed by atoms with van der Waals surface area (Å²) in [5, 5.41) is 24.8. The van der Waals surface area contributed by atoms with Crippen LogP contribution in [0.2, 0.25) is 0 Å². The third-order valence-corrected chi connectivity index (χ3v) is 4.63. The number of hydrogen-bond acceptors (Lipinski definition) is 7. The number of aromatic nitrogens is 3. The van der Waals surface area contributed by atoms with Crippen LogP contribution >= 0.6 is 0 Å². The minimum Gasteiger partial charge on any atom is -0.360 e. The van der Waals surface area contributed by atoms with Gasteiger partial charge in [0, 0.05) is 5.56 Å². The van der Waals surface area contributed by atoms with Crippen LogP contribution in [0.25, 0.3) is 5.69 Å². The predicted molar refractivity (Wildman–Crippen MR) is 96.7 cm³/mol. The fraction of sp³-hybridized carbons (Fsp3) is 0.0588. The molecule has 136 valence electrons. The quantitative estimate of drug-likeness (QED) is 0.607. The number of carbonyl (C=O) groups excluding carboxylic acids is 1. The van der Waals surface area contributed by atoms with Crippen LogP contribution in [0, 0.1) is 11.3 Å². The molecule has 10 heteroatoms. The molecule has 3 aromatic rings. The molecule has 0 aliphatic carbocycles. The van der Waals surface area contributed by atoms with Crippen molar-refractivity contribution in [1.82, 2.24) is 15.0 Å². The van der Waals surface area contributed by atoms with Gasteiger partial charge in [0.15, 0.2) is 11.6 Å². The molecule has 0 aliphatic heterocycles. The number of nitrogens with one attached hydrogen (secondary N) is 1. The first kappa shape index (κ1) is 18.2. The summed E-state index contributed by atoms with van der Waals surface area (Å²) in [7, 11) is -3.82. The lowest BCUT2D eigenvalue weighted by Gasteiger charge is -2.09. The predicted octanol–water partition coefficient (Wildman–Crippen LogP) is 1.08. The molecule has 3 N–H and O–H groups in total. The van der Waals surface area contributed by atoms with Gasteiger partial charge in [-0.05, 0) is 24.3 Å². The first-order chi connectivity index (χ1) is 12.9. The Morgan fingerprint density at radius 3 is 2.41 bits per heavy atom. The number of nitrogens with two attached hydrogens (primary N) is 1. The first-order valence-electron chi connectivity index (χ1n) is 7.71. The highest BCUT2D eigenvalue weighted by Gasteiger charge is 2.16. The molecule has 0 fully saturated rings. The molecule has 2 aromatic carbocycles. The molecular weight excluding hydrogens is 368 g/mol. The van der Waals surface area contributed by atoms with Crippen molar-refractivity contribution in [2.24, 2.45) is 5.14 Å². The van der Waals surface area contributed by atoms with Gasteiger partial charge < -0.3 is 5.32 Å².